The van der Waals surface area contributed by atoms with E-state index in [2.05, 4.69) is 31.2 Å². The van der Waals surface area contributed by atoms with Crippen molar-refractivity contribution in [2.75, 3.05) is 0 Å². The van der Waals surface area contributed by atoms with Crippen molar-refractivity contribution in [1.29, 1.82) is 0 Å². The maximum absolute atomic E-state index is 12.8. The molecule has 0 aliphatic heterocycles. The first-order valence-electron chi connectivity index (χ1n) is 9.10. The van der Waals surface area contributed by atoms with Crippen LogP contribution in [0.5, 0.6) is 0 Å². The van der Waals surface area contributed by atoms with E-state index in [-0.39, 0.29) is 12.8 Å². The van der Waals surface area contributed by atoms with E-state index in [4.69, 9.17) is 0 Å². The summed E-state index contributed by atoms with van der Waals surface area (Å²) in [4.78, 5) is 0. The molecule has 0 aromatic heterocycles. The molecule has 2 saturated carbocycles. The summed E-state index contributed by atoms with van der Waals surface area (Å²) in [6, 6.07) is 8.80. The highest BCUT2D eigenvalue weighted by Gasteiger charge is 2.41. The molecule has 2 fully saturated rings. The molecular weight excluding hydrogens is 297 g/mol. The molecular formula is C20H27F3. The van der Waals surface area contributed by atoms with Crippen LogP contribution in [0, 0.1) is 11.8 Å². The van der Waals surface area contributed by atoms with Crippen molar-refractivity contribution in [3.63, 3.8) is 0 Å². The molecule has 1 aromatic rings. The molecule has 0 N–H and O–H groups in total. The summed E-state index contributed by atoms with van der Waals surface area (Å²) in [7, 11) is 0. The Morgan fingerprint density at radius 2 is 1.09 bits per heavy atom. The molecule has 3 rings (SSSR count). The van der Waals surface area contributed by atoms with Gasteiger partial charge in [-0.25, -0.2) is 0 Å². The van der Waals surface area contributed by atoms with Crippen LogP contribution >= 0.6 is 0 Å². The van der Waals surface area contributed by atoms with Crippen LogP contribution < -0.4 is 0 Å². The lowest BCUT2D eigenvalue weighted by atomic mass is 9.77. The zero-order valence-corrected chi connectivity index (χ0v) is 13.9. The molecule has 0 amide bonds. The van der Waals surface area contributed by atoms with Gasteiger partial charge in [-0.3, -0.25) is 0 Å². The van der Waals surface area contributed by atoms with E-state index >= 15 is 0 Å². The predicted octanol–water partition coefficient (Wildman–Crippen LogP) is 6.82. The van der Waals surface area contributed by atoms with E-state index in [1.807, 2.05) is 0 Å². The van der Waals surface area contributed by atoms with Crippen LogP contribution in [0.25, 0.3) is 0 Å². The summed E-state index contributed by atoms with van der Waals surface area (Å²) in [5.41, 5.74) is 2.66. The molecule has 3 heteroatoms. The van der Waals surface area contributed by atoms with Crippen LogP contribution in [0.3, 0.4) is 0 Å². The van der Waals surface area contributed by atoms with Crippen molar-refractivity contribution < 1.29 is 13.2 Å². The van der Waals surface area contributed by atoms with Crippen molar-refractivity contribution in [2.24, 2.45) is 11.8 Å². The quantitative estimate of drug-likeness (QED) is 0.560. The number of rotatable bonds is 2. The minimum absolute atomic E-state index is 0.288. The van der Waals surface area contributed by atoms with Gasteiger partial charge in [0.25, 0.3) is 0 Å². The van der Waals surface area contributed by atoms with Crippen LogP contribution in [0.4, 0.5) is 13.2 Å². The Balaban J connectivity index is 1.58. The Morgan fingerprint density at radius 3 is 1.48 bits per heavy atom. The highest BCUT2D eigenvalue weighted by atomic mass is 19.4. The van der Waals surface area contributed by atoms with E-state index in [9.17, 15) is 13.2 Å². The van der Waals surface area contributed by atoms with Gasteiger partial charge in [-0.05, 0) is 67.4 Å². The number of halogens is 3. The second kappa shape index (κ2) is 6.86. The maximum Gasteiger partial charge on any atom is 0.391 e. The molecule has 0 bridgehead atoms. The molecule has 0 saturated heterocycles. The van der Waals surface area contributed by atoms with E-state index in [0.717, 1.165) is 5.92 Å². The van der Waals surface area contributed by atoms with Gasteiger partial charge in [0.05, 0.1) is 5.92 Å². The van der Waals surface area contributed by atoms with Crippen LogP contribution in [0.2, 0.25) is 0 Å². The molecule has 1 aromatic carbocycles. The minimum Gasteiger partial charge on any atom is -0.171 e. The summed E-state index contributed by atoms with van der Waals surface area (Å²) in [5.74, 6) is 0.770. The topological polar surface area (TPSA) is 0 Å². The fourth-order valence-corrected chi connectivity index (χ4v) is 4.39. The third kappa shape index (κ3) is 4.10. The van der Waals surface area contributed by atoms with Crippen molar-refractivity contribution in [1.82, 2.24) is 0 Å². The Hall–Kier alpha value is -0.990. The predicted molar refractivity (Wildman–Crippen MR) is 87.6 cm³/mol. The smallest absolute Gasteiger partial charge is 0.171 e. The third-order valence-electron chi connectivity index (χ3n) is 6.09. The van der Waals surface area contributed by atoms with Crippen molar-refractivity contribution >= 4 is 0 Å². The minimum atomic E-state index is -4.01. The van der Waals surface area contributed by atoms with Gasteiger partial charge < -0.3 is 0 Å². The van der Waals surface area contributed by atoms with Crippen LogP contribution in [0.15, 0.2) is 24.3 Å². The summed E-state index contributed by atoms with van der Waals surface area (Å²) in [5, 5.41) is 0. The summed E-state index contributed by atoms with van der Waals surface area (Å²) in [6.07, 6.45) is 3.09. The Kier molecular flexibility index (Phi) is 5.03. The summed E-state index contributed by atoms with van der Waals surface area (Å²) >= 11 is 0. The number of benzene rings is 1. The second-order valence-corrected chi connectivity index (χ2v) is 7.71. The largest absolute Gasteiger partial charge is 0.391 e. The molecule has 0 atom stereocenters. The first-order valence-corrected chi connectivity index (χ1v) is 9.10. The number of alkyl halides is 3. The average molecular weight is 324 g/mol. The van der Waals surface area contributed by atoms with Crippen LogP contribution in [-0.4, -0.2) is 6.18 Å². The van der Waals surface area contributed by atoms with Gasteiger partial charge in [0, 0.05) is 0 Å². The van der Waals surface area contributed by atoms with Gasteiger partial charge in [-0.1, -0.05) is 44.0 Å². The van der Waals surface area contributed by atoms with E-state index in [1.165, 1.54) is 36.8 Å². The van der Waals surface area contributed by atoms with Crippen LogP contribution in [0.1, 0.15) is 81.3 Å². The van der Waals surface area contributed by atoms with Gasteiger partial charge in [0.2, 0.25) is 0 Å². The summed E-state index contributed by atoms with van der Waals surface area (Å²) in [6.45, 7) is 2.33. The van der Waals surface area contributed by atoms with Crippen LogP contribution in [-0.2, 0) is 0 Å². The lowest BCUT2D eigenvalue weighted by molar-refractivity contribution is -0.182. The second-order valence-electron chi connectivity index (χ2n) is 7.71. The normalized spacial score (nSPS) is 32.7. The molecule has 2 aliphatic carbocycles. The van der Waals surface area contributed by atoms with E-state index in [0.29, 0.717) is 24.7 Å². The van der Waals surface area contributed by atoms with Crippen molar-refractivity contribution in [2.45, 2.75) is 76.3 Å². The molecule has 0 unspecified atom stereocenters. The average Bonchev–Trinajstić information content (AvgIpc) is 2.55. The first-order chi connectivity index (χ1) is 10.9. The zero-order chi connectivity index (χ0) is 16.4. The number of hydrogen-bond acceptors (Lipinski definition) is 0. The Labute approximate surface area is 137 Å². The standard InChI is InChI=1S/C20H27F3/c1-14-2-4-15(5-3-14)16-6-8-17(9-7-16)18-10-12-19(13-11-18)20(21,22)23/h6-9,14-15,18-19H,2-5,10-13H2,1H3. The number of hydrogen-bond donors (Lipinski definition) is 0. The van der Waals surface area contributed by atoms with Crippen molar-refractivity contribution in [3.05, 3.63) is 35.4 Å². The molecule has 2 aliphatic rings. The molecule has 0 spiro atoms. The lowest BCUT2D eigenvalue weighted by Gasteiger charge is -2.30. The highest BCUT2D eigenvalue weighted by Crippen LogP contribution is 2.43. The highest BCUT2D eigenvalue weighted by molar-refractivity contribution is 5.28. The maximum atomic E-state index is 12.8. The Bertz CT molecular complexity index is 487. The van der Waals surface area contributed by atoms with E-state index in [1.54, 1.807) is 0 Å². The molecule has 0 heterocycles. The van der Waals surface area contributed by atoms with Gasteiger partial charge in [-0.2, -0.15) is 13.2 Å². The fourth-order valence-electron chi connectivity index (χ4n) is 4.39. The van der Waals surface area contributed by atoms with E-state index < -0.39 is 12.1 Å². The SMILES string of the molecule is CC1CCC(c2ccc(C3CCC(C(F)(F)F)CC3)cc2)CC1. The van der Waals surface area contributed by atoms with Gasteiger partial charge in [0.1, 0.15) is 0 Å². The molecule has 23 heavy (non-hydrogen) atoms. The molecule has 0 nitrogen and oxygen atoms in total. The molecule has 0 radical (unpaired) electrons. The van der Waals surface area contributed by atoms with Gasteiger partial charge in [0.15, 0.2) is 0 Å². The Morgan fingerprint density at radius 1 is 0.696 bits per heavy atom. The van der Waals surface area contributed by atoms with Gasteiger partial charge >= 0.3 is 6.18 Å². The molecule has 128 valence electrons. The first kappa shape index (κ1) is 16.9. The zero-order valence-electron chi connectivity index (χ0n) is 13.9. The monoisotopic (exact) mass is 324 g/mol. The summed E-state index contributed by atoms with van der Waals surface area (Å²) < 4.78 is 38.3. The van der Waals surface area contributed by atoms with Crippen molar-refractivity contribution in [3.8, 4) is 0 Å². The third-order valence-corrected chi connectivity index (χ3v) is 6.09. The lowest BCUT2D eigenvalue weighted by Crippen LogP contribution is -2.27. The van der Waals surface area contributed by atoms with Gasteiger partial charge in [-0.15, -0.1) is 0 Å². The fraction of sp³-hybridized carbons (Fsp3) is 0.700.